The fraction of sp³-hybridized carbons (Fsp3) is 0.556. The average Bonchev–Trinajstić information content (AvgIpc) is 2.44. The van der Waals surface area contributed by atoms with Crippen LogP contribution in [0.5, 0.6) is 0 Å². The van der Waals surface area contributed by atoms with Crippen molar-refractivity contribution in [1.29, 1.82) is 0 Å². The average molecular weight is 290 g/mol. The van der Waals surface area contributed by atoms with Crippen LogP contribution < -0.4 is 0 Å². The van der Waals surface area contributed by atoms with Crippen molar-refractivity contribution < 1.29 is 0 Å². The van der Waals surface area contributed by atoms with Crippen molar-refractivity contribution in [3.8, 4) is 0 Å². The van der Waals surface area contributed by atoms with Gasteiger partial charge in [0.25, 0.3) is 0 Å². The van der Waals surface area contributed by atoms with Gasteiger partial charge in [0.05, 0.1) is 0 Å². The first kappa shape index (κ1) is 14.2. The molecule has 0 bridgehead atoms. The second-order valence-electron chi connectivity index (χ2n) is 6.37. The van der Waals surface area contributed by atoms with E-state index in [-0.39, 0.29) is 0 Å². The molecule has 1 atom stereocenters. The Morgan fingerprint density at radius 2 is 2.20 bits per heavy atom. The first-order chi connectivity index (χ1) is 9.72. The molecule has 1 aromatic rings. The van der Waals surface area contributed by atoms with Crippen molar-refractivity contribution in [3.05, 3.63) is 46.0 Å². The van der Waals surface area contributed by atoms with Gasteiger partial charge in [0.15, 0.2) is 0 Å². The van der Waals surface area contributed by atoms with Gasteiger partial charge in [0.1, 0.15) is 0 Å². The van der Waals surface area contributed by atoms with Gasteiger partial charge in [0, 0.05) is 18.1 Å². The van der Waals surface area contributed by atoms with E-state index >= 15 is 0 Å². The van der Waals surface area contributed by atoms with Crippen LogP contribution in [0.4, 0.5) is 0 Å². The topological polar surface area (TPSA) is 3.24 Å². The molecule has 0 saturated heterocycles. The maximum atomic E-state index is 6.08. The summed E-state index contributed by atoms with van der Waals surface area (Å²) in [4.78, 5) is 2.47. The normalized spacial score (nSPS) is 23.8. The second-order valence-corrected chi connectivity index (χ2v) is 6.81. The van der Waals surface area contributed by atoms with Gasteiger partial charge in [-0.3, -0.25) is 0 Å². The van der Waals surface area contributed by atoms with E-state index in [1.54, 1.807) is 11.1 Å². The van der Waals surface area contributed by atoms with Gasteiger partial charge in [-0.2, -0.15) is 0 Å². The first-order valence-corrected chi connectivity index (χ1v) is 8.24. The van der Waals surface area contributed by atoms with Crippen LogP contribution in [0.15, 0.2) is 35.4 Å². The predicted molar refractivity (Wildman–Crippen MR) is 86.3 cm³/mol. The zero-order valence-electron chi connectivity index (χ0n) is 12.4. The van der Waals surface area contributed by atoms with Crippen molar-refractivity contribution in [2.75, 3.05) is 20.1 Å². The fourth-order valence-electron chi connectivity index (χ4n) is 3.81. The quantitative estimate of drug-likeness (QED) is 0.729. The summed E-state index contributed by atoms with van der Waals surface area (Å²) in [5.41, 5.74) is 4.94. The number of likely N-dealkylation sites (N-methyl/N-ethyl adjacent to an activating group) is 1. The number of hydrogen-bond donors (Lipinski definition) is 0. The zero-order valence-corrected chi connectivity index (χ0v) is 13.1. The molecule has 1 nitrogen and oxygen atoms in total. The molecule has 1 aliphatic heterocycles. The summed E-state index contributed by atoms with van der Waals surface area (Å²) in [7, 11) is 2.25. The number of hydrogen-bond acceptors (Lipinski definition) is 1. The Hall–Kier alpha value is -0.790. The monoisotopic (exact) mass is 289 g/mol. The van der Waals surface area contributed by atoms with Crippen molar-refractivity contribution in [1.82, 2.24) is 4.90 Å². The molecule has 0 saturated carbocycles. The van der Waals surface area contributed by atoms with Crippen LogP contribution >= 0.6 is 11.6 Å². The molecule has 0 amide bonds. The lowest BCUT2D eigenvalue weighted by Crippen LogP contribution is -2.31. The van der Waals surface area contributed by atoms with Crippen molar-refractivity contribution >= 4 is 11.6 Å². The second kappa shape index (κ2) is 6.32. The Labute approximate surface area is 127 Å². The number of halogens is 1. The van der Waals surface area contributed by atoms with Gasteiger partial charge >= 0.3 is 0 Å². The van der Waals surface area contributed by atoms with E-state index in [2.05, 4.69) is 30.1 Å². The van der Waals surface area contributed by atoms with Crippen LogP contribution in [-0.2, 0) is 6.42 Å². The molecule has 108 valence electrons. The summed E-state index contributed by atoms with van der Waals surface area (Å²) in [6, 6.07) is 8.36. The van der Waals surface area contributed by atoms with E-state index < -0.39 is 0 Å². The molecular formula is C18H24ClN. The minimum Gasteiger partial charge on any atom is -0.302 e. The summed E-state index contributed by atoms with van der Waals surface area (Å²) in [6.45, 7) is 2.45. The van der Waals surface area contributed by atoms with Gasteiger partial charge in [-0.05, 0) is 69.2 Å². The van der Waals surface area contributed by atoms with Gasteiger partial charge in [0.2, 0.25) is 0 Å². The van der Waals surface area contributed by atoms with Gasteiger partial charge in [-0.25, -0.2) is 0 Å². The molecule has 0 N–H and O–H groups in total. The molecule has 1 heterocycles. The number of nitrogens with zero attached hydrogens (tertiary/aromatic N) is 1. The molecular weight excluding hydrogens is 266 g/mol. The number of rotatable bonds is 3. The molecule has 0 aromatic heterocycles. The minimum absolute atomic E-state index is 0.825. The van der Waals surface area contributed by atoms with Crippen molar-refractivity contribution in [2.24, 2.45) is 5.92 Å². The van der Waals surface area contributed by atoms with E-state index in [4.69, 9.17) is 11.6 Å². The summed E-state index contributed by atoms with van der Waals surface area (Å²) in [6.07, 6.45) is 7.87. The Bertz CT molecular complexity index is 506. The lowest BCUT2D eigenvalue weighted by Gasteiger charge is -2.36. The summed E-state index contributed by atoms with van der Waals surface area (Å²) in [5, 5.41) is 0.866. The summed E-state index contributed by atoms with van der Waals surface area (Å²) >= 11 is 6.08. The summed E-state index contributed by atoms with van der Waals surface area (Å²) in [5.74, 6) is 0.825. The molecule has 2 aliphatic rings. The third kappa shape index (κ3) is 3.27. The molecule has 2 heteroatoms. The molecule has 1 aromatic carbocycles. The van der Waals surface area contributed by atoms with Crippen LogP contribution in [0, 0.1) is 5.92 Å². The molecule has 1 aliphatic carbocycles. The van der Waals surface area contributed by atoms with Crippen LogP contribution in [0.25, 0.3) is 0 Å². The minimum atomic E-state index is 0.825. The van der Waals surface area contributed by atoms with E-state index in [0.717, 1.165) is 17.4 Å². The van der Waals surface area contributed by atoms with Crippen molar-refractivity contribution in [2.45, 2.75) is 38.5 Å². The van der Waals surface area contributed by atoms with E-state index in [1.165, 1.54) is 50.8 Å². The standard InChI is InChI=1S/C18H24ClN/c1-20-11-10-18-15(5-3-6-16(18)13-20)9-8-14-4-2-7-17(19)12-14/h2,4,7,12,15H,3,5-6,8-11,13H2,1H3. The Kier molecular flexibility index (Phi) is 4.48. The van der Waals surface area contributed by atoms with Gasteiger partial charge < -0.3 is 4.90 Å². The van der Waals surface area contributed by atoms with E-state index in [0.29, 0.717) is 0 Å². The Morgan fingerprint density at radius 1 is 1.30 bits per heavy atom. The molecule has 0 fully saturated rings. The summed E-state index contributed by atoms with van der Waals surface area (Å²) < 4.78 is 0. The van der Waals surface area contributed by atoms with Gasteiger partial charge in [-0.1, -0.05) is 34.9 Å². The number of benzene rings is 1. The lowest BCUT2D eigenvalue weighted by atomic mass is 9.77. The zero-order chi connectivity index (χ0) is 13.9. The molecule has 0 spiro atoms. The molecule has 20 heavy (non-hydrogen) atoms. The Morgan fingerprint density at radius 3 is 3.05 bits per heavy atom. The van der Waals surface area contributed by atoms with Crippen LogP contribution in [0.2, 0.25) is 5.02 Å². The first-order valence-electron chi connectivity index (χ1n) is 7.86. The largest absolute Gasteiger partial charge is 0.302 e. The third-order valence-electron chi connectivity index (χ3n) is 4.87. The Balaban J connectivity index is 1.66. The maximum absolute atomic E-state index is 6.08. The van der Waals surface area contributed by atoms with Crippen LogP contribution in [0.3, 0.4) is 0 Å². The van der Waals surface area contributed by atoms with Crippen LogP contribution in [-0.4, -0.2) is 25.0 Å². The molecule has 0 radical (unpaired) electrons. The fourth-order valence-corrected chi connectivity index (χ4v) is 4.03. The highest BCUT2D eigenvalue weighted by Gasteiger charge is 2.26. The van der Waals surface area contributed by atoms with Crippen molar-refractivity contribution in [3.63, 3.8) is 0 Å². The molecule has 3 rings (SSSR count). The SMILES string of the molecule is CN1CCC2=C(CCCC2CCc2cccc(Cl)c2)C1. The highest BCUT2D eigenvalue weighted by atomic mass is 35.5. The number of aryl methyl sites for hydroxylation is 1. The smallest absolute Gasteiger partial charge is 0.0408 e. The molecule has 1 unspecified atom stereocenters. The van der Waals surface area contributed by atoms with E-state index in [1.807, 2.05) is 6.07 Å². The maximum Gasteiger partial charge on any atom is 0.0408 e. The van der Waals surface area contributed by atoms with E-state index in [9.17, 15) is 0 Å². The lowest BCUT2D eigenvalue weighted by molar-refractivity contribution is 0.308. The highest BCUT2D eigenvalue weighted by Crippen LogP contribution is 2.37. The third-order valence-corrected chi connectivity index (χ3v) is 5.11. The van der Waals surface area contributed by atoms with Gasteiger partial charge in [-0.15, -0.1) is 0 Å². The highest BCUT2D eigenvalue weighted by molar-refractivity contribution is 6.30. The van der Waals surface area contributed by atoms with Crippen LogP contribution in [0.1, 0.15) is 37.7 Å². The predicted octanol–water partition coefficient (Wildman–Crippen LogP) is 4.70.